The fourth-order valence-electron chi connectivity index (χ4n) is 2.08. The van der Waals surface area contributed by atoms with Gasteiger partial charge in [-0.3, -0.25) is 9.59 Å². The maximum atomic E-state index is 13.0. The van der Waals surface area contributed by atoms with Crippen molar-refractivity contribution in [1.82, 2.24) is 4.90 Å². The molecule has 0 aliphatic carbocycles. The summed E-state index contributed by atoms with van der Waals surface area (Å²) in [6.07, 6.45) is 0. The highest BCUT2D eigenvalue weighted by molar-refractivity contribution is 6.15. The molecule has 0 radical (unpaired) electrons. The molecule has 0 heterocycles. The van der Waals surface area contributed by atoms with Crippen LogP contribution in [0.15, 0.2) is 48.5 Å². The third-order valence-corrected chi connectivity index (χ3v) is 3.29. The molecular weight excluding hydrogens is 285 g/mol. The number of carbonyl (C=O) groups excluding carboxylic acids is 2. The van der Waals surface area contributed by atoms with Gasteiger partial charge in [-0.2, -0.15) is 0 Å². The fourth-order valence-corrected chi connectivity index (χ4v) is 2.08. The minimum absolute atomic E-state index is 0.156. The number of rotatable bonds is 5. The molecule has 0 saturated carbocycles. The third kappa shape index (κ3) is 3.38. The number of hydrogen-bond acceptors (Lipinski definition) is 3. The molecule has 0 aromatic heterocycles. The Morgan fingerprint density at radius 1 is 1.05 bits per heavy atom. The first-order valence-electron chi connectivity index (χ1n) is 6.80. The molecule has 0 saturated heterocycles. The second-order valence-electron chi connectivity index (χ2n) is 4.83. The highest BCUT2D eigenvalue weighted by Crippen LogP contribution is 2.16. The SMILES string of the molecule is CN(CCO)C(=O)c1ccccc1C(=O)c1ccc(F)cc1. The van der Waals surface area contributed by atoms with Crippen molar-refractivity contribution in [1.29, 1.82) is 0 Å². The van der Waals surface area contributed by atoms with Crippen LogP contribution in [0.25, 0.3) is 0 Å². The monoisotopic (exact) mass is 301 g/mol. The molecule has 0 spiro atoms. The minimum Gasteiger partial charge on any atom is -0.395 e. The Morgan fingerprint density at radius 3 is 2.23 bits per heavy atom. The van der Waals surface area contributed by atoms with E-state index in [0.29, 0.717) is 5.56 Å². The third-order valence-electron chi connectivity index (χ3n) is 3.29. The molecule has 2 aromatic carbocycles. The number of amides is 1. The highest BCUT2D eigenvalue weighted by Gasteiger charge is 2.20. The molecule has 2 rings (SSSR count). The first kappa shape index (κ1) is 15.9. The summed E-state index contributed by atoms with van der Waals surface area (Å²) < 4.78 is 13.0. The summed E-state index contributed by atoms with van der Waals surface area (Å²) in [5, 5.41) is 8.92. The van der Waals surface area contributed by atoms with E-state index in [0.717, 1.165) is 0 Å². The molecule has 5 heteroatoms. The molecule has 0 bridgehead atoms. The average Bonchev–Trinajstić information content (AvgIpc) is 2.54. The molecule has 0 unspecified atom stereocenters. The van der Waals surface area contributed by atoms with Gasteiger partial charge < -0.3 is 10.0 Å². The van der Waals surface area contributed by atoms with Crippen LogP contribution in [0.5, 0.6) is 0 Å². The van der Waals surface area contributed by atoms with E-state index in [2.05, 4.69) is 0 Å². The summed E-state index contributed by atoms with van der Waals surface area (Å²) in [5.41, 5.74) is 0.822. The van der Waals surface area contributed by atoms with Crippen LogP contribution in [0, 0.1) is 5.82 Å². The Labute approximate surface area is 127 Å². The Balaban J connectivity index is 2.37. The Morgan fingerprint density at radius 2 is 1.64 bits per heavy atom. The van der Waals surface area contributed by atoms with Crippen molar-refractivity contribution >= 4 is 11.7 Å². The van der Waals surface area contributed by atoms with Gasteiger partial charge in [0.15, 0.2) is 5.78 Å². The summed E-state index contributed by atoms with van der Waals surface area (Å²) in [6.45, 7) is 0.0220. The number of halogens is 1. The maximum absolute atomic E-state index is 13.0. The predicted molar refractivity (Wildman–Crippen MR) is 80.3 cm³/mol. The lowest BCUT2D eigenvalue weighted by atomic mass is 9.97. The van der Waals surface area contributed by atoms with Crippen LogP contribution in [0.1, 0.15) is 26.3 Å². The quantitative estimate of drug-likeness (QED) is 0.861. The first-order valence-corrected chi connectivity index (χ1v) is 6.80. The zero-order valence-electron chi connectivity index (χ0n) is 12.1. The Bertz CT molecular complexity index is 683. The van der Waals surface area contributed by atoms with E-state index < -0.39 is 5.82 Å². The van der Waals surface area contributed by atoms with E-state index in [-0.39, 0.29) is 36.0 Å². The van der Waals surface area contributed by atoms with E-state index in [1.165, 1.54) is 29.2 Å². The summed E-state index contributed by atoms with van der Waals surface area (Å²) in [6, 6.07) is 11.6. The van der Waals surface area contributed by atoms with Gasteiger partial charge in [-0.15, -0.1) is 0 Å². The topological polar surface area (TPSA) is 57.6 Å². The van der Waals surface area contributed by atoms with Crippen molar-refractivity contribution in [3.8, 4) is 0 Å². The van der Waals surface area contributed by atoms with Crippen molar-refractivity contribution < 1.29 is 19.1 Å². The van der Waals surface area contributed by atoms with Crippen molar-refractivity contribution in [2.75, 3.05) is 20.2 Å². The van der Waals surface area contributed by atoms with Crippen LogP contribution in [-0.4, -0.2) is 41.9 Å². The molecule has 0 aliphatic rings. The number of hydrogen-bond donors (Lipinski definition) is 1. The summed E-state index contributed by atoms with van der Waals surface area (Å²) in [4.78, 5) is 26.2. The number of aliphatic hydroxyl groups excluding tert-OH is 1. The van der Waals surface area contributed by atoms with Gasteiger partial charge in [-0.1, -0.05) is 18.2 Å². The van der Waals surface area contributed by atoms with E-state index in [4.69, 9.17) is 5.11 Å². The zero-order valence-corrected chi connectivity index (χ0v) is 12.1. The number of benzene rings is 2. The van der Waals surface area contributed by atoms with Crippen LogP contribution >= 0.6 is 0 Å². The van der Waals surface area contributed by atoms with Crippen LogP contribution in [-0.2, 0) is 0 Å². The predicted octanol–water partition coefficient (Wildman–Crippen LogP) is 2.12. The van der Waals surface area contributed by atoms with Gasteiger partial charge in [0, 0.05) is 24.7 Å². The molecule has 22 heavy (non-hydrogen) atoms. The van der Waals surface area contributed by atoms with E-state index in [9.17, 15) is 14.0 Å². The van der Waals surface area contributed by atoms with Crippen molar-refractivity contribution in [2.24, 2.45) is 0 Å². The first-order chi connectivity index (χ1) is 10.5. The average molecular weight is 301 g/mol. The van der Waals surface area contributed by atoms with Crippen LogP contribution in [0.3, 0.4) is 0 Å². The Hall–Kier alpha value is -2.53. The van der Waals surface area contributed by atoms with Gasteiger partial charge in [0.05, 0.1) is 12.2 Å². The van der Waals surface area contributed by atoms with E-state index in [1.807, 2.05) is 0 Å². The van der Waals surface area contributed by atoms with Crippen LogP contribution < -0.4 is 0 Å². The summed E-state index contributed by atoms with van der Waals surface area (Å²) in [5.74, 6) is -1.12. The van der Waals surface area contributed by atoms with Gasteiger partial charge in [0.1, 0.15) is 5.82 Å². The fraction of sp³-hybridized carbons (Fsp3) is 0.176. The second-order valence-corrected chi connectivity index (χ2v) is 4.83. The van der Waals surface area contributed by atoms with Crippen molar-refractivity contribution in [2.45, 2.75) is 0 Å². The molecule has 0 fully saturated rings. The van der Waals surface area contributed by atoms with Gasteiger partial charge in [-0.05, 0) is 30.3 Å². The highest BCUT2D eigenvalue weighted by atomic mass is 19.1. The van der Waals surface area contributed by atoms with Gasteiger partial charge in [0.2, 0.25) is 0 Å². The van der Waals surface area contributed by atoms with Crippen LogP contribution in [0.2, 0.25) is 0 Å². The summed E-state index contributed by atoms with van der Waals surface area (Å²) in [7, 11) is 1.55. The Kier molecular flexibility index (Phi) is 5.01. The summed E-state index contributed by atoms with van der Waals surface area (Å²) >= 11 is 0. The molecule has 1 amide bonds. The van der Waals surface area contributed by atoms with Crippen molar-refractivity contribution in [3.63, 3.8) is 0 Å². The molecule has 4 nitrogen and oxygen atoms in total. The standard InChI is InChI=1S/C17H16FNO3/c1-19(10-11-20)17(22)15-5-3-2-4-14(15)16(21)12-6-8-13(18)9-7-12/h2-9,20H,10-11H2,1H3. The van der Waals surface area contributed by atoms with Crippen molar-refractivity contribution in [3.05, 3.63) is 71.0 Å². The number of nitrogens with zero attached hydrogens (tertiary/aromatic N) is 1. The van der Waals surface area contributed by atoms with Crippen LogP contribution in [0.4, 0.5) is 4.39 Å². The number of ketones is 1. The van der Waals surface area contributed by atoms with Gasteiger partial charge >= 0.3 is 0 Å². The smallest absolute Gasteiger partial charge is 0.254 e. The molecule has 1 N–H and O–H groups in total. The minimum atomic E-state index is -0.427. The number of aliphatic hydroxyl groups is 1. The largest absolute Gasteiger partial charge is 0.395 e. The molecular formula is C17H16FNO3. The number of likely N-dealkylation sites (N-methyl/N-ethyl adjacent to an activating group) is 1. The molecule has 0 atom stereocenters. The zero-order chi connectivity index (χ0) is 16.1. The van der Waals surface area contributed by atoms with Gasteiger partial charge in [0.25, 0.3) is 5.91 Å². The van der Waals surface area contributed by atoms with E-state index in [1.54, 1.807) is 31.3 Å². The lowest BCUT2D eigenvalue weighted by molar-refractivity contribution is 0.0763. The molecule has 0 aliphatic heterocycles. The second kappa shape index (κ2) is 6.95. The normalized spacial score (nSPS) is 10.3. The van der Waals surface area contributed by atoms with E-state index >= 15 is 0 Å². The molecule has 114 valence electrons. The lowest BCUT2D eigenvalue weighted by Crippen LogP contribution is -2.30. The van der Waals surface area contributed by atoms with Gasteiger partial charge in [-0.25, -0.2) is 4.39 Å². The maximum Gasteiger partial charge on any atom is 0.254 e. The number of carbonyl (C=O) groups is 2. The lowest BCUT2D eigenvalue weighted by Gasteiger charge is -2.17. The molecule has 2 aromatic rings.